The van der Waals surface area contributed by atoms with Crippen molar-refractivity contribution in [3.05, 3.63) is 64.5 Å². The number of hydrogen-bond donors (Lipinski definition) is 1. The number of rotatable bonds is 5. The van der Waals surface area contributed by atoms with Crippen LogP contribution >= 0.6 is 11.3 Å². The van der Waals surface area contributed by atoms with Crippen molar-refractivity contribution >= 4 is 22.4 Å². The van der Waals surface area contributed by atoms with Gasteiger partial charge in [-0.3, -0.25) is 10.1 Å². The molecule has 0 unspecified atom stereocenters. The highest BCUT2D eigenvalue weighted by atomic mass is 32.1. The van der Waals surface area contributed by atoms with Gasteiger partial charge in [-0.2, -0.15) is 0 Å². The number of aryl methyl sites for hydroxylation is 3. The van der Waals surface area contributed by atoms with E-state index in [0.717, 1.165) is 11.3 Å². The predicted molar refractivity (Wildman–Crippen MR) is 102 cm³/mol. The van der Waals surface area contributed by atoms with Gasteiger partial charge in [-0.15, -0.1) is 11.3 Å². The summed E-state index contributed by atoms with van der Waals surface area (Å²) < 4.78 is 5.45. The van der Waals surface area contributed by atoms with Gasteiger partial charge in [0.1, 0.15) is 5.75 Å². The highest BCUT2D eigenvalue weighted by Gasteiger charge is 2.12. The van der Waals surface area contributed by atoms with Gasteiger partial charge in [-0.1, -0.05) is 35.9 Å². The molecule has 0 bridgehead atoms. The molecule has 3 rings (SSSR count). The molecule has 25 heavy (non-hydrogen) atoms. The first-order valence-electron chi connectivity index (χ1n) is 8.04. The van der Waals surface area contributed by atoms with Crippen molar-refractivity contribution in [1.82, 2.24) is 4.98 Å². The Morgan fingerprint density at radius 3 is 2.48 bits per heavy atom. The number of ether oxygens (including phenoxy) is 1. The number of anilines is 1. The quantitative estimate of drug-likeness (QED) is 0.721. The van der Waals surface area contributed by atoms with Crippen LogP contribution in [0.4, 0.5) is 5.13 Å². The number of hydrogen-bond acceptors (Lipinski definition) is 4. The van der Waals surface area contributed by atoms with Crippen LogP contribution < -0.4 is 10.1 Å². The zero-order chi connectivity index (χ0) is 17.8. The summed E-state index contributed by atoms with van der Waals surface area (Å²) in [7, 11) is 0. The molecule has 0 aliphatic heterocycles. The van der Waals surface area contributed by atoms with Crippen molar-refractivity contribution in [3.8, 4) is 17.0 Å². The Morgan fingerprint density at radius 1 is 1.12 bits per heavy atom. The Labute approximate surface area is 151 Å². The minimum atomic E-state index is -0.220. The van der Waals surface area contributed by atoms with Crippen LogP contribution in [0.1, 0.15) is 16.7 Å². The van der Waals surface area contributed by atoms with Gasteiger partial charge in [0.25, 0.3) is 5.91 Å². The minimum absolute atomic E-state index is 0.0402. The fourth-order valence-corrected chi connectivity index (χ4v) is 3.57. The summed E-state index contributed by atoms with van der Waals surface area (Å²) in [6.07, 6.45) is 0. The largest absolute Gasteiger partial charge is 0.484 e. The van der Waals surface area contributed by atoms with E-state index in [-0.39, 0.29) is 12.5 Å². The second-order valence-electron chi connectivity index (χ2n) is 5.96. The molecule has 4 nitrogen and oxygen atoms in total. The fourth-order valence-electron chi connectivity index (χ4n) is 2.85. The summed E-state index contributed by atoms with van der Waals surface area (Å²) in [6, 6.07) is 13.6. The lowest BCUT2D eigenvalue weighted by molar-refractivity contribution is -0.118. The van der Waals surface area contributed by atoms with Crippen molar-refractivity contribution in [1.29, 1.82) is 0 Å². The second kappa shape index (κ2) is 7.49. The zero-order valence-corrected chi connectivity index (χ0v) is 15.3. The predicted octanol–water partition coefficient (Wildman–Crippen LogP) is 4.75. The number of amides is 1. The van der Waals surface area contributed by atoms with Gasteiger partial charge < -0.3 is 4.74 Å². The first-order chi connectivity index (χ1) is 12.0. The molecule has 0 fully saturated rings. The van der Waals surface area contributed by atoms with Crippen molar-refractivity contribution in [2.75, 3.05) is 11.9 Å². The van der Waals surface area contributed by atoms with E-state index in [1.807, 2.05) is 35.7 Å². The summed E-state index contributed by atoms with van der Waals surface area (Å²) in [6.45, 7) is 6.21. The maximum absolute atomic E-state index is 12.0. The van der Waals surface area contributed by atoms with E-state index in [2.05, 4.69) is 43.2 Å². The average Bonchev–Trinajstić information content (AvgIpc) is 3.01. The lowest BCUT2D eigenvalue weighted by atomic mass is 9.98. The first-order valence-corrected chi connectivity index (χ1v) is 8.92. The van der Waals surface area contributed by atoms with Crippen LogP contribution in [0.3, 0.4) is 0 Å². The van der Waals surface area contributed by atoms with Crippen LogP contribution in [0.15, 0.2) is 47.8 Å². The molecule has 0 saturated carbocycles. The maximum Gasteiger partial charge on any atom is 0.264 e. The summed E-state index contributed by atoms with van der Waals surface area (Å²) in [5.41, 5.74) is 5.63. The van der Waals surface area contributed by atoms with Gasteiger partial charge in [0.2, 0.25) is 0 Å². The van der Waals surface area contributed by atoms with Gasteiger partial charge in [0.05, 0.1) is 5.69 Å². The first kappa shape index (κ1) is 17.2. The minimum Gasteiger partial charge on any atom is -0.484 e. The number of benzene rings is 2. The van der Waals surface area contributed by atoms with E-state index < -0.39 is 0 Å². The van der Waals surface area contributed by atoms with Crippen LogP contribution in [0.5, 0.6) is 5.75 Å². The van der Waals surface area contributed by atoms with E-state index >= 15 is 0 Å². The molecule has 1 aromatic heterocycles. The lowest BCUT2D eigenvalue weighted by Gasteiger charge is -2.09. The molecule has 0 atom stereocenters. The zero-order valence-electron chi connectivity index (χ0n) is 14.5. The third-order valence-corrected chi connectivity index (χ3v) is 4.55. The molecule has 128 valence electrons. The van der Waals surface area contributed by atoms with Crippen molar-refractivity contribution in [2.24, 2.45) is 0 Å². The molecule has 0 radical (unpaired) electrons. The van der Waals surface area contributed by atoms with Crippen LogP contribution in [-0.2, 0) is 4.79 Å². The van der Waals surface area contributed by atoms with E-state index in [9.17, 15) is 4.79 Å². The molecule has 1 heterocycles. The summed E-state index contributed by atoms with van der Waals surface area (Å²) in [4.78, 5) is 16.6. The molecule has 1 amide bonds. The van der Waals surface area contributed by atoms with Gasteiger partial charge in [-0.05, 0) is 44.0 Å². The Hall–Kier alpha value is -2.66. The van der Waals surface area contributed by atoms with Gasteiger partial charge in [0.15, 0.2) is 11.7 Å². The van der Waals surface area contributed by atoms with E-state index in [0.29, 0.717) is 10.9 Å². The Morgan fingerprint density at radius 2 is 1.80 bits per heavy atom. The number of nitrogens with one attached hydrogen (secondary N) is 1. The number of carbonyl (C=O) groups is 1. The molecular formula is C20H20N2O2S. The number of carbonyl (C=O) groups excluding carboxylic acids is 1. The maximum atomic E-state index is 12.0. The number of para-hydroxylation sites is 1. The van der Waals surface area contributed by atoms with E-state index in [1.54, 1.807) is 0 Å². The SMILES string of the molecule is Cc1cc(C)c(-c2csc(NC(=O)COc3ccccc3)n2)c(C)c1. The highest BCUT2D eigenvalue weighted by Crippen LogP contribution is 2.31. The molecule has 5 heteroatoms. The van der Waals surface area contributed by atoms with Crippen molar-refractivity contribution < 1.29 is 9.53 Å². The van der Waals surface area contributed by atoms with Crippen molar-refractivity contribution in [2.45, 2.75) is 20.8 Å². The third kappa shape index (κ3) is 4.25. The average molecular weight is 352 g/mol. The smallest absolute Gasteiger partial charge is 0.264 e. The highest BCUT2D eigenvalue weighted by molar-refractivity contribution is 7.14. The standard InChI is InChI=1S/C20H20N2O2S/c1-13-9-14(2)19(15(3)10-13)17-12-25-20(21-17)22-18(23)11-24-16-7-5-4-6-8-16/h4-10,12H,11H2,1-3H3,(H,21,22,23). The Balaban J connectivity index is 1.67. The molecule has 2 aromatic carbocycles. The van der Waals surface area contributed by atoms with Gasteiger partial charge in [0, 0.05) is 10.9 Å². The number of aromatic nitrogens is 1. The Bertz CT molecular complexity index is 865. The molecule has 1 N–H and O–H groups in total. The van der Waals surface area contributed by atoms with Crippen LogP contribution in [0.2, 0.25) is 0 Å². The molecule has 0 aliphatic rings. The van der Waals surface area contributed by atoms with Gasteiger partial charge in [-0.25, -0.2) is 4.98 Å². The fraction of sp³-hybridized carbons (Fsp3) is 0.200. The van der Waals surface area contributed by atoms with E-state index in [4.69, 9.17) is 4.74 Å². The number of thiazole rings is 1. The topological polar surface area (TPSA) is 51.2 Å². The van der Waals surface area contributed by atoms with Crippen LogP contribution in [-0.4, -0.2) is 17.5 Å². The molecule has 0 spiro atoms. The summed E-state index contributed by atoms with van der Waals surface area (Å²) in [5, 5.41) is 5.35. The van der Waals surface area contributed by atoms with Crippen LogP contribution in [0.25, 0.3) is 11.3 Å². The second-order valence-corrected chi connectivity index (χ2v) is 6.82. The molecule has 0 saturated heterocycles. The monoisotopic (exact) mass is 352 g/mol. The number of nitrogens with zero attached hydrogens (tertiary/aromatic N) is 1. The molecule has 3 aromatic rings. The summed E-state index contributed by atoms with van der Waals surface area (Å²) in [5.74, 6) is 0.450. The molecule has 0 aliphatic carbocycles. The Kier molecular flexibility index (Phi) is 5.14. The van der Waals surface area contributed by atoms with Crippen molar-refractivity contribution in [3.63, 3.8) is 0 Å². The normalized spacial score (nSPS) is 10.5. The molecular weight excluding hydrogens is 332 g/mol. The van der Waals surface area contributed by atoms with Crippen LogP contribution in [0, 0.1) is 20.8 Å². The van der Waals surface area contributed by atoms with E-state index in [1.165, 1.54) is 28.0 Å². The van der Waals surface area contributed by atoms with Gasteiger partial charge >= 0.3 is 0 Å². The summed E-state index contributed by atoms with van der Waals surface area (Å²) >= 11 is 1.42. The third-order valence-electron chi connectivity index (χ3n) is 3.80. The lowest BCUT2D eigenvalue weighted by Crippen LogP contribution is -2.20.